The van der Waals surface area contributed by atoms with Crippen LogP contribution in [0.4, 0.5) is 5.69 Å². The fraction of sp³-hybridized carbons (Fsp3) is 0.600. The summed E-state index contributed by atoms with van der Waals surface area (Å²) in [6, 6.07) is 6.12. The van der Waals surface area contributed by atoms with Gasteiger partial charge in [-0.15, -0.1) is 0 Å². The molecule has 19 heavy (non-hydrogen) atoms. The molecule has 0 radical (unpaired) electrons. The highest BCUT2D eigenvalue weighted by molar-refractivity contribution is 9.10. The summed E-state index contributed by atoms with van der Waals surface area (Å²) in [6.07, 6.45) is 2.03. The van der Waals surface area contributed by atoms with Gasteiger partial charge in [-0.25, -0.2) is 0 Å². The molecule has 3 nitrogen and oxygen atoms in total. The van der Waals surface area contributed by atoms with E-state index in [-0.39, 0.29) is 0 Å². The van der Waals surface area contributed by atoms with Crippen LogP contribution in [0.25, 0.3) is 0 Å². The minimum atomic E-state index is -0.423. The minimum absolute atomic E-state index is 0.423. The predicted molar refractivity (Wildman–Crippen MR) is 81.6 cm³/mol. The van der Waals surface area contributed by atoms with Crippen molar-refractivity contribution in [2.24, 2.45) is 5.92 Å². The van der Waals surface area contributed by atoms with Crippen LogP contribution in [0.15, 0.2) is 22.7 Å². The first-order valence-corrected chi connectivity index (χ1v) is 7.62. The largest absolute Gasteiger partial charge is 0.389 e. The molecule has 1 unspecified atom stereocenters. The van der Waals surface area contributed by atoms with Crippen molar-refractivity contribution < 1.29 is 9.84 Å². The average Bonchev–Trinajstić information content (AvgIpc) is 2.39. The molecule has 0 aliphatic carbocycles. The second-order valence-electron chi connectivity index (χ2n) is 5.30. The SMILES string of the molecule is COCC1CCCN(c2ccc([C@H](C)O)cc2Br)C1. The van der Waals surface area contributed by atoms with E-state index < -0.39 is 6.10 Å². The number of anilines is 1. The molecule has 1 aromatic carbocycles. The molecule has 1 aliphatic heterocycles. The van der Waals surface area contributed by atoms with Crippen LogP contribution in [0.3, 0.4) is 0 Å². The number of piperidine rings is 1. The Kier molecular flexibility index (Phi) is 5.25. The lowest BCUT2D eigenvalue weighted by atomic mass is 9.98. The molecule has 0 aromatic heterocycles. The molecule has 1 N–H and O–H groups in total. The third-order valence-corrected chi connectivity index (χ3v) is 4.35. The Morgan fingerprint density at radius 1 is 1.53 bits per heavy atom. The smallest absolute Gasteiger partial charge is 0.0762 e. The van der Waals surface area contributed by atoms with Gasteiger partial charge in [0.2, 0.25) is 0 Å². The van der Waals surface area contributed by atoms with Gasteiger partial charge in [0.1, 0.15) is 0 Å². The third kappa shape index (κ3) is 3.71. The first-order chi connectivity index (χ1) is 9.11. The van der Waals surface area contributed by atoms with E-state index >= 15 is 0 Å². The zero-order valence-electron chi connectivity index (χ0n) is 11.6. The Bertz CT molecular complexity index is 421. The van der Waals surface area contributed by atoms with Gasteiger partial charge in [0, 0.05) is 24.7 Å². The molecule has 2 atom stereocenters. The Hall–Kier alpha value is -0.580. The summed E-state index contributed by atoms with van der Waals surface area (Å²) >= 11 is 3.63. The molecule has 1 saturated heterocycles. The molecule has 0 saturated carbocycles. The van der Waals surface area contributed by atoms with Crippen molar-refractivity contribution in [1.29, 1.82) is 0 Å². The van der Waals surface area contributed by atoms with Crippen LogP contribution in [-0.2, 0) is 4.74 Å². The normalized spacial score (nSPS) is 21.5. The topological polar surface area (TPSA) is 32.7 Å². The number of rotatable bonds is 4. The molecule has 106 valence electrons. The Morgan fingerprint density at radius 3 is 2.95 bits per heavy atom. The summed E-state index contributed by atoms with van der Waals surface area (Å²) in [6.45, 7) is 4.75. The molecule has 1 fully saturated rings. The van der Waals surface area contributed by atoms with Crippen molar-refractivity contribution >= 4 is 21.6 Å². The van der Waals surface area contributed by atoms with Crippen molar-refractivity contribution in [2.45, 2.75) is 25.9 Å². The third-order valence-electron chi connectivity index (χ3n) is 3.72. The first kappa shape index (κ1) is 14.8. The fourth-order valence-electron chi connectivity index (χ4n) is 2.70. The van der Waals surface area contributed by atoms with Gasteiger partial charge >= 0.3 is 0 Å². The summed E-state index contributed by atoms with van der Waals surface area (Å²) in [4.78, 5) is 2.41. The summed E-state index contributed by atoms with van der Waals surface area (Å²) in [7, 11) is 1.77. The van der Waals surface area contributed by atoms with Crippen LogP contribution in [0, 0.1) is 5.92 Å². The highest BCUT2D eigenvalue weighted by Crippen LogP contribution is 2.32. The quantitative estimate of drug-likeness (QED) is 0.920. The fourth-order valence-corrected chi connectivity index (χ4v) is 3.34. The van der Waals surface area contributed by atoms with Crippen LogP contribution < -0.4 is 4.90 Å². The number of hydrogen-bond acceptors (Lipinski definition) is 3. The maximum absolute atomic E-state index is 9.61. The van der Waals surface area contributed by atoms with Gasteiger partial charge in [-0.1, -0.05) is 6.07 Å². The van der Waals surface area contributed by atoms with E-state index in [0.29, 0.717) is 5.92 Å². The van der Waals surface area contributed by atoms with Gasteiger partial charge in [-0.05, 0) is 59.3 Å². The maximum Gasteiger partial charge on any atom is 0.0762 e. The van der Waals surface area contributed by atoms with E-state index in [9.17, 15) is 5.11 Å². The van der Waals surface area contributed by atoms with E-state index in [0.717, 1.165) is 29.7 Å². The number of methoxy groups -OCH3 is 1. The van der Waals surface area contributed by atoms with Crippen LogP contribution in [-0.4, -0.2) is 31.9 Å². The van der Waals surface area contributed by atoms with Gasteiger partial charge in [0.15, 0.2) is 0 Å². The molecular weight excluding hydrogens is 306 g/mol. The Balaban J connectivity index is 2.12. The second kappa shape index (κ2) is 6.73. The van der Waals surface area contributed by atoms with Crippen molar-refractivity contribution in [2.75, 3.05) is 31.7 Å². The molecule has 2 rings (SSSR count). The molecule has 0 amide bonds. The summed E-state index contributed by atoms with van der Waals surface area (Å²) < 4.78 is 6.33. The highest BCUT2D eigenvalue weighted by Gasteiger charge is 2.21. The van der Waals surface area contributed by atoms with Crippen LogP contribution in [0.5, 0.6) is 0 Å². The molecule has 1 heterocycles. The van der Waals surface area contributed by atoms with Gasteiger partial charge < -0.3 is 14.7 Å². The van der Waals surface area contributed by atoms with E-state index in [2.05, 4.69) is 26.9 Å². The zero-order chi connectivity index (χ0) is 13.8. The van der Waals surface area contributed by atoms with Crippen molar-refractivity contribution in [1.82, 2.24) is 0 Å². The van der Waals surface area contributed by atoms with Crippen LogP contribution >= 0.6 is 15.9 Å². The van der Waals surface area contributed by atoms with E-state index in [1.54, 1.807) is 14.0 Å². The number of hydrogen-bond donors (Lipinski definition) is 1. The molecular formula is C15H22BrNO2. The van der Waals surface area contributed by atoms with Gasteiger partial charge in [-0.2, -0.15) is 0 Å². The number of aliphatic hydroxyl groups excluding tert-OH is 1. The van der Waals surface area contributed by atoms with Crippen LogP contribution in [0.1, 0.15) is 31.4 Å². The molecule has 1 aliphatic rings. The average molecular weight is 328 g/mol. The lowest BCUT2D eigenvalue weighted by molar-refractivity contribution is 0.143. The van der Waals surface area contributed by atoms with E-state index in [4.69, 9.17) is 4.74 Å². The van der Waals surface area contributed by atoms with Crippen LogP contribution in [0.2, 0.25) is 0 Å². The van der Waals surface area contributed by atoms with Gasteiger partial charge in [0.05, 0.1) is 18.4 Å². The zero-order valence-corrected chi connectivity index (χ0v) is 13.2. The van der Waals surface area contributed by atoms with E-state index in [1.165, 1.54) is 18.5 Å². The van der Waals surface area contributed by atoms with Gasteiger partial charge in [-0.3, -0.25) is 0 Å². The number of halogens is 1. The highest BCUT2D eigenvalue weighted by atomic mass is 79.9. The number of benzene rings is 1. The summed E-state index contributed by atoms with van der Waals surface area (Å²) in [5.41, 5.74) is 2.16. The molecule has 1 aromatic rings. The van der Waals surface area contributed by atoms with Gasteiger partial charge in [0.25, 0.3) is 0 Å². The minimum Gasteiger partial charge on any atom is -0.389 e. The number of aliphatic hydroxyl groups is 1. The Morgan fingerprint density at radius 2 is 2.32 bits per heavy atom. The van der Waals surface area contributed by atoms with E-state index in [1.807, 2.05) is 12.1 Å². The molecule has 0 bridgehead atoms. The van der Waals surface area contributed by atoms with Crippen molar-refractivity contribution in [3.05, 3.63) is 28.2 Å². The lowest BCUT2D eigenvalue weighted by Gasteiger charge is -2.35. The monoisotopic (exact) mass is 327 g/mol. The number of nitrogens with zero attached hydrogens (tertiary/aromatic N) is 1. The van der Waals surface area contributed by atoms with Crippen molar-refractivity contribution in [3.63, 3.8) is 0 Å². The number of ether oxygens (including phenoxy) is 1. The van der Waals surface area contributed by atoms with Crippen molar-refractivity contribution in [3.8, 4) is 0 Å². The molecule has 4 heteroatoms. The predicted octanol–water partition coefficient (Wildman–Crippen LogP) is 3.37. The standard InChI is InChI=1S/C15H22BrNO2/c1-11(18)13-5-6-15(14(16)8-13)17-7-3-4-12(9-17)10-19-2/h5-6,8,11-12,18H,3-4,7,9-10H2,1-2H3/t11-,12?/m0/s1. The molecule has 0 spiro atoms. The Labute approximate surface area is 123 Å². The lowest BCUT2D eigenvalue weighted by Crippen LogP contribution is -2.37. The summed E-state index contributed by atoms with van der Waals surface area (Å²) in [5.74, 6) is 0.613. The first-order valence-electron chi connectivity index (χ1n) is 6.83. The maximum atomic E-state index is 9.61. The summed E-state index contributed by atoms with van der Waals surface area (Å²) in [5, 5.41) is 9.61. The second-order valence-corrected chi connectivity index (χ2v) is 6.15.